The number of rotatable bonds is 6. The molecule has 0 bridgehead atoms. The smallest absolute Gasteiger partial charge is 0.357 e. The van der Waals surface area contributed by atoms with Crippen molar-refractivity contribution in [2.45, 2.75) is 33.1 Å². The molecule has 3 aromatic rings. The van der Waals surface area contributed by atoms with Crippen LogP contribution in [0.15, 0.2) is 41.1 Å². The molecule has 3 rings (SSSR count). The fraction of sp³-hybridized carbons (Fsp3) is 0.333. The molecule has 0 spiro atoms. The number of nitrogens with zero attached hydrogens (tertiary/aromatic N) is 5. The lowest BCUT2D eigenvalue weighted by atomic mass is 10.3. The molecule has 0 amide bonds. The van der Waals surface area contributed by atoms with Crippen LogP contribution in [-0.2, 0) is 19.3 Å². The standard InChI is InChI=1S/C18H20F3N7S/c1-3-22-17(26-10-16-27-14(11-29-16)18(19,20)21)25-9-13-4-5-15(24-8-13)28-7-6-23-12(28)2/h4-8,11H,3,9-10H2,1-2H3,(H2,22,25,26). The van der Waals surface area contributed by atoms with E-state index in [-0.39, 0.29) is 6.54 Å². The van der Waals surface area contributed by atoms with Crippen LogP contribution in [0.2, 0.25) is 0 Å². The van der Waals surface area contributed by atoms with E-state index in [1.807, 2.05) is 36.7 Å². The highest BCUT2D eigenvalue weighted by Gasteiger charge is 2.33. The highest BCUT2D eigenvalue weighted by atomic mass is 32.1. The Bertz CT molecular complexity index is 960. The van der Waals surface area contributed by atoms with Crippen molar-refractivity contribution in [3.63, 3.8) is 0 Å². The van der Waals surface area contributed by atoms with Crippen molar-refractivity contribution in [2.75, 3.05) is 6.54 Å². The molecule has 0 aliphatic carbocycles. The third-order valence-electron chi connectivity index (χ3n) is 3.89. The Morgan fingerprint density at radius 1 is 1.24 bits per heavy atom. The van der Waals surface area contributed by atoms with Gasteiger partial charge in [-0.25, -0.2) is 19.9 Å². The molecule has 3 heterocycles. The minimum Gasteiger partial charge on any atom is -0.357 e. The van der Waals surface area contributed by atoms with E-state index in [4.69, 9.17) is 0 Å². The van der Waals surface area contributed by atoms with Gasteiger partial charge in [0.05, 0.1) is 13.1 Å². The molecule has 29 heavy (non-hydrogen) atoms. The first-order chi connectivity index (χ1) is 13.9. The van der Waals surface area contributed by atoms with E-state index in [9.17, 15) is 13.2 Å². The van der Waals surface area contributed by atoms with Crippen molar-refractivity contribution in [1.29, 1.82) is 0 Å². The van der Waals surface area contributed by atoms with Gasteiger partial charge in [0.25, 0.3) is 0 Å². The number of aliphatic imine (C=N–C) groups is 1. The van der Waals surface area contributed by atoms with E-state index in [2.05, 4.69) is 30.6 Å². The normalized spacial score (nSPS) is 12.2. The number of alkyl halides is 3. The van der Waals surface area contributed by atoms with Gasteiger partial charge < -0.3 is 10.6 Å². The van der Waals surface area contributed by atoms with Gasteiger partial charge in [-0.05, 0) is 25.5 Å². The summed E-state index contributed by atoms with van der Waals surface area (Å²) in [5.41, 5.74) is 0.0258. The zero-order chi connectivity index (χ0) is 20.9. The van der Waals surface area contributed by atoms with Crippen LogP contribution in [0.3, 0.4) is 0 Å². The molecular weight excluding hydrogens is 403 g/mol. The van der Waals surface area contributed by atoms with Crippen LogP contribution in [0, 0.1) is 6.92 Å². The van der Waals surface area contributed by atoms with Crippen molar-refractivity contribution in [1.82, 2.24) is 30.2 Å². The van der Waals surface area contributed by atoms with Gasteiger partial charge in [-0.3, -0.25) is 4.57 Å². The third-order valence-corrected chi connectivity index (χ3v) is 4.74. The van der Waals surface area contributed by atoms with Gasteiger partial charge in [0.2, 0.25) is 0 Å². The molecule has 11 heteroatoms. The van der Waals surface area contributed by atoms with E-state index in [0.29, 0.717) is 24.1 Å². The number of hydrogen-bond donors (Lipinski definition) is 2. The number of halogens is 3. The molecule has 2 N–H and O–H groups in total. The summed E-state index contributed by atoms with van der Waals surface area (Å²) in [6, 6.07) is 3.80. The molecule has 0 saturated carbocycles. The van der Waals surface area contributed by atoms with E-state index in [1.54, 1.807) is 12.4 Å². The average molecular weight is 423 g/mol. The van der Waals surface area contributed by atoms with Crippen LogP contribution in [-0.4, -0.2) is 32.0 Å². The Morgan fingerprint density at radius 2 is 2.07 bits per heavy atom. The molecule has 0 aliphatic rings. The maximum absolute atomic E-state index is 12.6. The summed E-state index contributed by atoms with van der Waals surface area (Å²) in [6.07, 6.45) is 0.856. The lowest BCUT2D eigenvalue weighted by molar-refractivity contribution is -0.140. The third kappa shape index (κ3) is 5.53. The predicted molar refractivity (Wildman–Crippen MR) is 105 cm³/mol. The Kier molecular flexibility index (Phi) is 6.47. The summed E-state index contributed by atoms with van der Waals surface area (Å²) in [4.78, 5) is 16.7. The second-order valence-corrected chi connectivity index (χ2v) is 6.98. The topological polar surface area (TPSA) is 80.0 Å². The number of aryl methyl sites for hydroxylation is 1. The molecule has 7 nitrogen and oxygen atoms in total. The van der Waals surface area contributed by atoms with Crippen LogP contribution in [0.4, 0.5) is 13.2 Å². The van der Waals surface area contributed by atoms with Crippen LogP contribution in [0.5, 0.6) is 0 Å². The summed E-state index contributed by atoms with van der Waals surface area (Å²) in [5, 5.41) is 7.41. The maximum Gasteiger partial charge on any atom is 0.434 e. The maximum atomic E-state index is 12.6. The molecule has 0 aromatic carbocycles. The second kappa shape index (κ2) is 9.03. The molecule has 0 atom stereocenters. The van der Waals surface area contributed by atoms with Crippen LogP contribution < -0.4 is 10.6 Å². The quantitative estimate of drug-likeness (QED) is 0.470. The minimum absolute atomic E-state index is 0.156. The number of guanidine groups is 1. The fourth-order valence-corrected chi connectivity index (χ4v) is 3.21. The van der Waals surface area contributed by atoms with Gasteiger partial charge in [-0.15, -0.1) is 11.3 Å². The summed E-state index contributed by atoms with van der Waals surface area (Å²) in [6.45, 7) is 4.95. The van der Waals surface area contributed by atoms with Crippen LogP contribution >= 0.6 is 11.3 Å². The number of nitrogens with one attached hydrogen (secondary N) is 2. The molecule has 0 radical (unpaired) electrons. The molecule has 0 aliphatic heterocycles. The van der Waals surface area contributed by atoms with E-state index in [1.165, 1.54) is 0 Å². The molecule has 3 aromatic heterocycles. The van der Waals surface area contributed by atoms with E-state index >= 15 is 0 Å². The Hall–Kier alpha value is -2.95. The van der Waals surface area contributed by atoms with Gasteiger partial charge in [0.15, 0.2) is 11.7 Å². The minimum atomic E-state index is -4.43. The van der Waals surface area contributed by atoms with E-state index in [0.717, 1.165) is 33.9 Å². The highest BCUT2D eigenvalue weighted by molar-refractivity contribution is 7.09. The highest BCUT2D eigenvalue weighted by Crippen LogP contribution is 2.29. The lowest BCUT2D eigenvalue weighted by Crippen LogP contribution is -2.36. The average Bonchev–Trinajstić information content (AvgIpc) is 3.33. The monoisotopic (exact) mass is 423 g/mol. The molecule has 0 fully saturated rings. The first-order valence-corrected chi connectivity index (χ1v) is 9.74. The first-order valence-electron chi connectivity index (χ1n) is 8.86. The second-order valence-electron chi connectivity index (χ2n) is 6.04. The SMILES string of the molecule is CCNC(=NCc1ccc(-n2ccnc2C)nc1)NCc1nc(C(F)(F)F)cs1. The molecule has 154 valence electrons. The predicted octanol–water partition coefficient (Wildman–Crippen LogP) is 3.31. The summed E-state index contributed by atoms with van der Waals surface area (Å²) < 4.78 is 39.8. The Balaban J connectivity index is 1.61. The van der Waals surface area contributed by atoms with Gasteiger partial charge in [0.1, 0.15) is 16.6 Å². The zero-order valence-electron chi connectivity index (χ0n) is 15.9. The summed E-state index contributed by atoms with van der Waals surface area (Å²) >= 11 is 0.959. The number of thiazole rings is 1. The fourth-order valence-electron chi connectivity index (χ4n) is 2.47. The Labute approximate surface area is 169 Å². The Morgan fingerprint density at radius 3 is 2.66 bits per heavy atom. The van der Waals surface area contributed by atoms with Gasteiger partial charge in [-0.1, -0.05) is 6.07 Å². The van der Waals surface area contributed by atoms with Crippen molar-refractivity contribution >= 4 is 17.3 Å². The summed E-state index contributed by atoms with van der Waals surface area (Å²) in [5.74, 6) is 2.10. The van der Waals surface area contributed by atoms with E-state index < -0.39 is 11.9 Å². The van der Waals surface area contributed by atoms with Crippen LogP contribution in [0.1, 0.15) is 29.0 Å². The lowest BCUT2D eigenvalue weighted by Gasteiger charge is -2.10. The zero-order valence-corrected chi connectivity index (χ0v) is 16.7. The van der Waals surface area contributed by atoms with Crippen LogP contribution in [0.25, 0.3) is 5.82 Å². The summed E-state index contributed by atoms with van der Waals surface area (Å²) in [7, 11) is 0. The van der Waals surface area contributed by atoms with Crippen molar-refractivity contribution in [2.24, 2.45) is 4.99 Å². The molecule has 0 saturated heterocycles. The van der Waals surface area contributed by atoms with Gasteiger partial charge >= 0.3 is 6.18 Å². The largest absolute Gasteiger partial charge is 0.434 e. The number of imidazole rings is 1. The molecule has 0 unspecified atom stereocenters. The molecular formula is C18H20F3N7S. The first kappa shape index (κ1) is 20.8. The van der Waals surface area contributed by atoms with Gasteiger partial charge in [0, 0.05) is 30.5 Å². The van der Waals surface area contributed by atoms with Gasteiger partial charge in [-0.2, -0.15) is 13.2 Å². The number of hydrogen-bond acceptors (Lipinski definition) is 5. The number of pyridine rings is 1. The number of aromatic nitrogens is 4. The van der Waals surface area contributed by atoms with Crippen molar-refractivity contribution < 1.29 is 13.2 Å². The van der Waals surface area contributed by atoms with Crippen molar-refractivity contribution in [3.8, 4) is 5.82 Å². The van der Waals surface area contributed by atoms with Crippen molar-refractivity contribution in [3.05, 3.63) is 58.2 Å².